The molecule has 2 amide bonds. The van der Waals surface area contributed by atoms with Crippen LogP contribution < -0.4 is 25.2 Å². The minimum absolute atomic E-state index is 0.0598. The number of rotatable bonds is 6. The lowest BCUT2D eigenvalue weighted by Crippen LogP contribution is -2.48. The number of fused-ring (bicyclic) bond motifs is 3. The number of hydrogen-bond acceptors (Lipinski definition) is 9. The van der Waals surface area contributed by atoms with Gasteiger partial charge in [0.15, 0.2) is 18.2 Å². The van der Waals surface area contributed by atoms with E-state index < -0.39 is 6.09 Å². The fourth-order valence-electron chi connectivity index (χ4n) is 5.48. The van der Waals surface area contributed by atoms with Crippen LogP contribution >= 0.6 is 0 Å². The highest BCUT2D eigenvalue weighted by molar-refractivity contribution is 5.95. The van der Waals surface area contributed by atoms with Gasteiger partial charge in [-0.3, -0.25) is 24.0 Å². The summed E-state index contributed by atoms with van der Waals surface area (Å²) in [5.41, 5.74) is 0.403. The van der Waals surface area contributed by atoms with Crippen molar-refractivity contribution in [2.45, 2.75) is 12.6 Å². The molecule has 12 nitrogen and oxygen atoms in total. The van der Waals surface area contributed by atoms with Gasteiger partial charge in [-0.1, -0.05) is 18.2 Å². The monoisotopic (exact) mass is 554 g/mol. The van der Waals surface area contributed by atoms with Crippen LogP contribution in [0, 0.1) is 5.92 Å². The van der Waals surface area contributed by atoms with Gasteiger partial charge in [-0.05, 0) is 36.4 Å². The molecule has 3 aliphatic rings. The fourth-order valence-corrected chi connectivity index (χ4v) is 5.48. The quantitative estimate of drug-likeness (QED) is 0.383. The molecule has 12 heteroatoms. The molecule has 0 aliphatic carbocycles. The number of hydrogen-bond donors (Lipinski definition) is 1. The molecule has 1 N–H and O–H groups in total. The second-order valence-electron chi connectivity index (χ2n) is 10.2. The predicted molar refractivity (Wildman–Crippen MR) is 148 cm³/mol. The Balaban J connectivity index is 1.05. The number of carbonyl (C=O) groups is 2. The van der Waals surface area contributed by atoms with Gasteiger partial charge in [0, 0.05) is 56.2 Å². The third-order valence-corrected chi connectivity index (χ3v) is 7.50. The van der Waals surface area contributed by atoms with Crippen molar-refractivity contribution in [1.29, 1.82) is 0 Å². The van der Waals surface area contributed by atoms with E-state index >= 15 is 0 Å². The maximum absolute atomic E-state index is 12.9. The number of aromatic nitrogens is 3. The lowest BCUT2D eigenvalue weighted by Gasteiger charge is -2.33. The van der Waals surface area contributed by atoms with Crippen LogP contribution in [0.25, 0.3) is 11.0 Å². The zero-order valence-electron chi connectivity index (χ0n) is 21.9. The highest BCUT2D eigenvalue weighted by atomic mass is 16.6. The van der Waals surface area contributed by atoms with Gasteiger partial charge >= 0.3 is 6.09 Å². The highest BCUT2D eigenvalue weighted by Gasteiger charge is 2.43. The molecule has 41 heavy (non-hydrogen) atoms. The molecule has 4 aromatic rings. The summed E-state index contributed by atoms with van der Waals surface area (Å²) < 4.78 is 18.7. The standard InChI is InChI=1S/C29H26N6O6/c36-24-17-39-21-8-9-23(30-27(21)31-24)35-15-19-14-33(16-22(19)41-29(35)38)12-13-34-26(37)11-7-18-6-10-25(32-28(18)34)40-20-4-2-1-3-5-20/h1-11,19,22H,12-17H2,(H,30,31,36)/t19-,22+/m1/s1. The van der Waals surface area contributed by atoms with E-state index in [0.717, 1.165) is 5.39 Å². The van der Waals surface area contributed by atoms with Crippen molar-refractivity contribution >= 4 is 34.7 Å². The Morgan fingerprint density at radius 3 is 2.63 bits per heavy atom. The number of nitrogens with one attached hydrogen (secondary N) is 1. The Morgan fingerprint density at radius 2 is 1.76 bits per heavy atom. The number of nitrogens with zero attached hydrogens (tertiary/aromatic N) is 5. The fraction of sp³-hybridized carbons (Fsp3) is 0.276. The summed E-state index contributed by atoms with van der Waals surface area (Å²) in [7, 11) is 0. The van der Waals surface area contributed by atoms with E-state index in [1.165, 1.54) is 4.90 Å². The molecule has 2 fully saturated rings. The van der Waals surface area contributed by atoms with Crippen molar-refractivity contribution in [3.05, 3.63) is 77.1 Å². The number of anilines is 2. The molecule has 7 rings (SSSR count). The molecule has 0 unspecified atom stereocenters. The van der Waals surface area contributed by atoms with Crippen molar-refractivity contribution in [3.63, 3.8) is 0 Å². The van der Waals surface area contributed by atoms with Gasteiger partial charge in [0.1, 0.15) is 23.3 Å². The maximum Gasteiger partial charge on any atom is 0.415 e. The summed E-state index contributed by atoms with van der Waals surface area (Å²) >= 11 is 0. The molecule has 0 spiro atoms. The van der Waals surface area contributed by atoms with Crippen LogP contribution in [-0.2, 0) is 16.1 Å². The first-order valence-electron chi connectivity index (χ1n) is 13.4. The Bertz CT molecular complexity index is 1710. The van der Waals surface area contributed by atoms with Crippen molar-refractivity contribution in [2.75, 3.05) is 43.0 Å². The molecule has 0 bridgehead atoms. The van der Waals surface area contributed by atoms with Gasteiger partial charge < -0.3 is 19.5 Å². The summed E-state index contributed by atoms with van der Waals surface area (Å²) in [4.78, 5) is 50.2. The van der Waals surface area contributed by atoms with Gasteiger partial charge in [0.25, 0.3) is 11.5 Å². The predicted octanol–water partition coefficient (Wildman–Crippen LogP) is 2.87. The summed E-state index contributed by atoms with van der Waals surface area (Å²) in [5, 5.41) is 3.51. The van der Waals surface area contributed by atoms with E-state index in [2.05, 4.69) is 20.2 Å². The number of amides is 2. The van der Waals surface area contributed by atoms with E-state index in [1.54, 1.807) is 34.9 Å². The third-order valence-electron chi connectivity index (χ3n) is 7.50. The van der Waals surface area contributed by atoms with E-state index in [-0.39, 0.29) is 35.9 Å². The number of benzene rings is 1. The van der Waals surface area contributed by atoms with Gasteiger partial charge in [0.2, 0.25) is 5.88 Å². The van der Waals surface area contributed by atoms with Crippen LogP contribution in [0.4, 0.5) is 16.4 Å². The molecule has 0 saturated carbocycles. The van der Waals surface area contributed by atoms with Crippen LogP contribution in [0.5, 0.6) is 17.4 Å². The topological polar surface area (TPSA) is 128 Å². The van der Waals surface area contributed by atoms with Gasteiger partial charge in [-0.2, -0.15) is 4.98 Å². The summed E-state index contributed by atoms with van der Waals surface area (Å²) in [6.45, 7) is 2.62. The molecule has 3 aliphatic heterocycles. The summed E-state index contributed by atoms with van der Waals surface area (Å²) in [6.07, 6.45) is -0.739. The maximum atomic E-state index is 12.9. The van der Waals surface area contributed by atoms with Crippen LogP contribution in [0.15, 0.2) is 71.5 Å². The smallest absolute Gasteiger partial charge is 0.415 e. The average molecular weight is 555 g/mol. The Morgan fingerprint density at radius 1 is 0.902 bits per heavy atom. The lowest BCUT2D eigenvalue weighted by atomic mass is 10.0. The molecule has 1 aromatic carbocycles. The second-order valence-corrected chi connectivity index (χ2v) is 10.2. The van der Waals surface area contributed by atoms with Gasteiger partial charge in [-0.25, -0.2) is 9.78 Å². The Hall–Kier alpha value is -4.97. The molecule has 3 aromatic heterocycles. The molecule has 208 valence electrons. The number of carbonyl (C=O) groups excluding carboxylic acids is 2. The van der Waals surface area contributed by atoms with Crippen LogP contribution in [0.1, 0.15) is 0 Å². The van der Waals surface area contributed by atoms with Crippen molar-refractivity contribution < 1.29 is 23.8 Å². The van der Waals surface area contributed by atoms with Crippen molar-refractivity contribution in [3.8, 4) is 17.4 Å². The van der Waals surface area contributed by atoms with E-state index in [9.17, 15) is 14.4 Å². The van der Waals surface area contributed by atoms with Crippen LogP contribution in [-0.4, -0.2) is 70.3 Å². The number of para-hydroxylation sites is 1. The highest BCUT2D eigenvalue weighted by Crippen LogP contribution is 2.33. The molecule has 2 saturated heterocycles. The van der Waals surface area contributed by atoms with Crippen molar-refractivity contribution in [2.24, 2.45) is 5.92 Å². The zero-order valence-corrected chi connectivity index (χ0v) is 21.9. The molecular weight excluding hydrogens is 528 g/mol. The summed E-state index contributed by atoms with van der Waals surface area (Å²) in [5.74, 6) is 1.97. The zero-order chi connectivity index (χ0) is 27.9. The molecule has 0 radical (unpaired) electrons. The van der Waals surface area contributed by atoms with E-state index in [0.29, 0.717) is 61.6 Å². The minimum atomic E-state index is -0.482. The summed E-state index contributed by atoms with van der Waals surface area (Å²) in [6, 6.07) is 19.7. The lowest BCUT2D eigenvalue weighted by molar-refractivity contribution is -0.118. The Labute approximate surface area is 234 Å². The van der Waals surface area contributed by atoms with Gasteiger partial charge in [-0.15, -0.1) is 0 Å². The first-order valence-corrected chi connectivity index (χ1v) is 13.4. The normalized spacial score (nSPS) is 20.1. The first-order chi connectivity index (χ1) is 20.0. The minimum Gasteiger partial charge on any atom is -0.480 e. The first kappa shape index (κ1) is 25.0. The largest absolute Gasteiger partial charge is 0.480 e. The van der Waals surface area contributed by atoms with Crippen LogP contribution in [0.3, 0.4) is 0 Å². The van der Waals surface area contributed by atoms with Crippen molar-refractivity contribution in [1.82, 2.24) is 19.4 Å². The number of pyridine rings is 3. The van der Waals surface area contributed by atoms with E-state index in [4.69, 9.17) is 14.2 Å². The van der Waals surface area contributed by atoms with Crippen LogP contribution in [0.2, 0.25) is 0 Å². The third kappa shape index (κ3) is 4.93. The second kappa shape index (κ2) is 10.2. The average Bonchev–Trinajstić information content (AvgIpc) is 3.38. The number of ether oxygens (including phenoxy) is 3. The van der Waals surface area contributed by atoms with Gasteiger partial charge in [0.05, 0.1) is 0 Å². The molecular formula is C29H26N6O6. The number of likely N-dealkylation sites (tertiary alicyclic amines) is 1. The van der Waals surface area contributed by atoms with E-state index in [1.807, 2.05) is 36.4 Å². The Kier molecular flexibility index (Phi) is 6.23. The molecule has 2 atom stereocenters. The molecule has 6 heterocycles. The SMILES string of the molecule is O=C1COc2ccc(N3C[C@H]4CN(CCn5c(=O)ccc6ccc(Oc7ccccc7)nc65)C[C@@H]4OC3=O)nc2N1.